The van der Waals surface area contributed by atoms with Crippen molar-refractivity contribution in [1.82, 2.24) is 4.90 Å². The first-order valence-electron chi connectivity index (χ1n) is 8.13. The zero-order valence-corrected chi connectivity index (χ0v) is 14.9. The summed E-state index contributed by atoms with van der Waals surface area (Å²) in [6, 6.07) is 9.72. The third-order valence-corrected chi connectivity index (χ3v) is 4.35. The minimum Gasteiger partial charge on any atom is -0.498 e. The van der Waals surface area contributed by atoms with Crippen LogP contribution in [0.25, 0.3) is 0 Å². The summed E-state index contributed by atoms with van der Waals surface area (Å²) in [5.74, 6) is 0. The lowest BCUT2D eigenvalue weighted by Gasteiger charge is -2.41. The Bertz CT molecular complexity index is 587. The second-order valence-electron chi connectivity index (χ2n) is 8.40. The molecule has 1 atom stereocenters. The van der Waals surface area contributed by atoms with Gasteiger partial charge in [0.1, 0.15) is 12.7 Å². The van der Waals surface area contributed by atoms with Gasteiger partial charge in [0.15, 0.2) is 6.67 Å². The maximum Gasteiger partial charge on any atom is 0.264 e. The van der Waals surface area contributed by atoms with Crippen LogP contribution >= 0.6 is 0 Å². The SMILES string of the molecule is CC(C)(C)CC(C)(C)N1C=C[N+](Cc2ccccc2)(C(=O)[O-])C1. The van der Waals surface area contributed by atoms with Gasteiger partial charge in [0.05, 0.1) is 6.20 Å². The van der Waals surface area contributed by atoms with E-state index < -0.39 is 6.09 Å². The van der Waals surface area contributed by atoms with Crippen LogP contribution in [0.1, 0.15) is 46.6 Å². The minimum atomic E-state index is -1.06. The molecule has 0 N–H and O–H groups in total. The van der Waals surface area contributed by atoms with Crippen molar-refractivity contribution in [2.75, 3.05) is 6.67 Å². The molecule has 1 unspecified atom stereocenters. The Kier molecular flexibility index (Phi) is 4.58. The van der Waals surface area contributed by atoms with Gasteiger partial charge in [-0.1, -0.05) is 51.1 Å². The van der Waals surface area contributed by atoms with Crippen LogP contribution in [0.15, 0.2) is 42.7 Å². The van der Waals surface area contributed by atoms with Crippen LogP contribution in [0.4, 0.5) is 4.79 Å². The molecule has 0 saturated carbocycles. The summed E-state index contributed by atoms with van der Waals surface area (Å²) in [5.41, 5.74) is 1.06. The molecule has 1 amide bonds. The van der Waals surface area contributed by atoms with Crippen LogP contribution in [-0.4, -0.2) is 27.7 Å². The van der Waals surface area contributed by atoms with Gasteiger partial charge in [-0.15, -0.1) is 0 Å². The Morgan fingerprint density at radius 2 is 1.78 bits per heavy atom. The predicted octanol–water partition coefficient (Wildman–Crippen LogP) is 3.31. The number of amides is 1. The van der Waals surface area contributed by atoms with Crippen LogP contribution in [0.3, 0.4) is 0 Å². The van der Waals surface area contributed by atoms with Gasteiger partial charge in [0.2, 0.25) is 0 Å². The molecule has 0 radical (unpaired) electrons. The highest BCUT2D eigenvalue weighted by molar-refractivity contribution is 5.55. The van der Waals surface area contributed by atoms with Gasteiger partial charge < -0.3 is 14.8 Å². The lowest BCUT2D eigenvalue weighted by Crippen LogP contribution is -2.57. The van der Waals surface area contributed by atoms with Gasteiger partial charge in [-0.2, -0.15) is 0 Å². The molecule has 0 aromatic heterocycles. The Balaban J connectivity index is 2.20. The van der Waals surface area contributed by atoms with E-state index in [0.29, 0.717) is 13.2 Å². The lowest BCUT2D eigenvalue weighted by molar-refractivity contribution is -0.843. The molecule has 1 aliphatic rings. The molecular weight excluding hydrogens is 288 g/mol. The fraction of sp³-hybridized carbons (Fsp3) is 0.526. The number of hydrogen-bond donors (Lipinski definition) is 0. The highest BCUT2D eigenvalue weighted by atomic mass is 16.4. The molecule has 126 valence electrons. The number of benzene rings is 1. The van der Waals surface area contributed by atoms with Crippen molar-refractivity contribution < 1.29 is 14.4 Å². The van der Waals surface area contributed by atoms with Gasteiger partial charge in [0.25, 0.3) is 6.09 Å². The molecule has 2 rings (SSSR count). The van der Waals surface area contributed by atoms with Crippen molar-refractivity contribution in [2.45, 2.75) is 53.1 Å². The van der Waals surface area contributed by atoms with Crippen molar-refractivity contribution in [3.05, 3.63) is 48.3 Å². The third-order valence-electron chi connectivity index (χ3n) is 4.35. The second kappa shape index (κ2) is 6.00. The Labute approximate surface area is 139 Å². The number of quaternary nitrogens is 1. The summed E-state index contributed by atoms with van der Waals surface area (Å²) in [6.45, 7) is 11.8. The van der Waals surface area contributed by atoms with Crippen molar-refractivity contribution in [3.8, 4) is 0 Å². The summed E-state index contributed by atoms with van der Waals surface area (Å²) >= 11 is 0. The van der Waals surface area contributed by atoms with Gasteiger partial charge in [-0.05, 0) is 25.7 Å². The van der Waals surface area contributed by atoms with Crippen LogP contribution in [0.2, 0.25) is 0 Å². The van der Waals surface area contributed by atoms with E-state index in [1.54, 1.807) is 6.20 Å². The average Bonchev–Trinajstić information content (AvgIpc) is 2.83. The van der Waals surface area contributed by atoms with E-state index in [1.807, 2.05) is 36.5 Å². The largest absolute Gasteiger partial charge is 0.498 e. The lowest BCUT2D eigenvalue weighted by atomic mass is 9.81. The molecule has 1 aromatic carbocycles. The van der Waals surface area contributed by atoms with Crippen LogP contribution in [0, 0.1) is 5.41 Å². The number of rotatable bonds is 4. The molecule has 0 fully saturated rings. The smallest absolute Gasteiger partial charge is 0.264 e. The van der Waals surface area contributed by atoms with E-state index in [2.05, 4.69) is 39.5 Å². The average molecular weight is 316 g/mol. The molecular formula is C19H28N2O2. The van der Waals surface area contributed by atoms with E-state index in [9.17, 15) is 9.90 Å². The highest BCUT2D eigenvalue weighted by Crippen LogP contribution is 2.35. The topological polar surface area (TPSA) is 43.4 Å². The third kappa shape index (κ3) is 4.14. The number of carbonyl (C=O) groups excluding carboxylic acids is 1. The molecule has 1 heterocycles. The van der Waals surface area contributed by atoms with E-state index >= 15 is 0 Å². The summed E-state index contributed by atoms with van der Waals surface area (Å²) in [4.78, 5) is 14.0. The molecule has 0 spiro atoms. The van der Waals surface area contributed by atoms with Crippen LogP contribution < -0.4 is 5.11 Å². The zero-order chi connectivity index (χ0) is 17.3. The molecule has 0 aliphatic carbocycles. The molecule has 4 heteroatoms. The van der Waals surface area contributed by atoms with Crippen molar-refractivity contribution in [2.24, 2.45) is 5.41 Å². The maximum atomic E-state index is 11.9. The summed E-state index contributed by atoms with van der Waals surface area (Å²) in [7, 11) is 0. The molecule has 4 nitrogen and oxygen atoms in total. The first-order valence-corrected chi connectivity index (χ1v) is 8.13. The monoisotopic (exact) mass is 316 g/mol. The fourth-order valence-electron chi connectivity index (χ4n) is 3.56. The standard InChI is InChI=1S/C19H28N2O2/c1-18(2,3)14-19(4,5)20-11-12-21(15-20,17(22)23)13-16-9-7-6-8-10-16/h6-12H,13-15H2,1-5H3. The van der Waals surface area contributed by atoms with Gasteiger partial charge in [-0.25, -0.2) is 4.48 Å². The molecule has 1 aliphatic heterocycles. The highest BCUT2D eigenvalue weighted by Gasteiger charge is 2.41. The summed E-state index contributed by atoms with van der Waals surface area (Å²) in [5, 5.41) is 11.9. The maximum absolute atomic E-state index is 11.9. The number of carbonyl (C=O) groups is 1. The van der Waals surface area contributed by atoms with Crippen molar-refractivity contribution in [1.29, 1.82) is 0 Å². The minimum absolute atomic E-state index is 0.110. The predicted molar refractivity (Wildman–Crippen MR) is 89.8 cm³/mol. The zero-order valence-electron chi connectivity index (χ0n) is 14.9. The number of nitrogens with zero attached hydrogens (tertiary/aromatic N) is 2. The van der Waals surface area contributed by atoms with Crippen molar-refractivity contribution in [3.63, 3.8) is 0 Å². The quantitative estimate of drug-likeness (QED) is 0.801. The van der Waals surface area contributed by atoms with E-state index in [4.69, 9.17) is 0 Å². The van der Waals surface area contributed by atoms with Gasteiger partial charge in [-0.3, -0.25) is 0 Å². The van der Waals surface area contributed by atoms with Gasteiger partial charge >= 0.3 is 0 Å². The normalized spacial score (nSPS) is 21.7. The summed E-state index contributed by atoms with van der Waals surface area (Å²) in [6.07, 6.45) is 3.60. The first-order chi connectivity index (χ1) is 10.5. The Morgan fingerprint density at radius 3 is 2.30 bits per heavy atom. The number of carboxylic acid groups (broad SMARTS) is 1. The molecule has 23 heavy (non-hydrogen) atoms. The molecule has 0 bridgehead atoms. The fourth-order valence-corrected chi connectivity index (χ4v) is 3.56. The summed E-state index contributed by atoms with van der Waals surface area (Å²) < 4.78 is -0.183. The van der Waals surface area contributed by atoms with Crippen LogP contribution in [0.5, 0.6) is 0 Å². The molecule has 1 aromatic rings. The Morgan fingerprint density at radius 1 is 1.17 bits per heavy atom. The molecule has 0 saturated heterocycles. The van der Waals surface area contributed by atoms with Gasteiger partial charge in [0, 0.05) is 11.1 Å². The van der Waals surface area contributed by atoms with Crippen LogP contribution in [-0.2, 0) is 6.54 Å². The number of hydrogen-bond acceptors (Lipinski definition) is 3. The van der Waals surface area contributed by atoms with E-state index in [0.717, 1.165) is 12.0 Å². The first kappa shape index (κ1) is 17.5. The van der Waals surface area contributed by atoms with Crippen molar-refractivity contribution >= 4 is 6.09 Å². The van der Waals surface area contributed by atoms with E-state index in [-0.39, 0.29) is 15.4 Å². The second-order valence-corrected chi connectivity index (χ2v) is 8.40. The Hall–Kier alpha value is -1.81. The van der Waals surface area contributed by atoms with E-state index in [1.165, 1.54) is 0 Å².